The average molecular weight is 351 g/mol. The van der Waals surface area contributed by atoms with E-state index >= 15 is 0 Å². The van der Waals surface area contributed by atoms with Crippen LogP contribution in [0.25, 0.3) is 11.4 Å². The van der Waals surface area contributed by atoms with Gasteiger partial charge < -0.3 is 14.6 Å². The Morgan fingerprint density at radius 1 is 1.15 bits per heavy atom. The second kappa shape index (κ2) is 8.29. The number of nitrogens with zero attached hydrogens (tertiary/aromatic N) is 2. The fourth-order valence-electron chi connectivity index (χ4n) is 2.49. The number of hydrogen-bond acceptors (Lipinski definition) is 5. The Balaban J connectivity index is 1.56. The van der Waals surface area contributed by atoms with Crippen molar-refractivity contribution in [1.82, 2.24) is 15.5 Å². The molecule has 1 aromatic heterocycles. The molecule has 0 spiro atoms. The summed E-state index contributed by atoms with van der Waals surface area (Å²) in [7, 11) is 0. The standard InChI is InChI=1S/C20H21N3O3/c1-3-15-9-7-8-12-17(15)25-14(2)20(24)21-13-18-22-19(23-26-18)16-10-5-4-6-11-16/h4-12,14H,3,13H2,1-2H3,(H,21,24)/t14-/m1/s1. The lowest BCUT2D eigenvalue weighted by atomic mass is 10.1. The third-order valence-corrected chi connectivity index (χ3v) is 3.94. The third kappa shape index (κ3) is 4.27. The Morgan fingerprint density at radius 3 is 2.65 bits per heavy atom. The molecule has 1 N–H and O–H groups in total. The Hall–Kier alpha value is -3.15. The van der Waals surface area contributed by atoms with Crippen molar-refractivity contribution in [3.63, 3.8) is 0 Å². The summed E-state index contributed by atoms with van der Waals surface area (Å²) in [6, 6.07) is 17.2. The summed E-state index contributed by atoms with van der Waals surface area (Å²) in [5, 5.41) is 6.69. The summed E-state index contributed by atoms with van der Waals surface area (Å²) in [5.41, 5.74) is 1.93. The first-order valence-corrected chi connectivity index (χ1v) is 8.57. The molecule has 0 aliphatic carbocycles. The predicted molar refractivity (Wildman–Crippen MR) is 97.5 cm³/mol. The summed E-state index contributed by atoms with van der Waals surface area (Å²) in [6.45, 7) is 3.92. The van der Waals surface area contributed by atoms with Gasteiger partial charge in [0.2, 0.25) is 11.7 Å². The number of benzene rings is 2. The quantitative estimate of drug-likeness (QED) is 0.706. The van der Waals surface area contributed by atoms with Crippen LogP contribution in [-0.2, 0) is 17.8 Å². The minimum atomic E-state index is -0.626. The smallest absolute Gasteiger partial charge is 0.261 e. The van der Waals surface area contributed by atoms with Crippen molar-refractivity contribution in [2.24, 2.45) is 0 Å². The van der Waals surface area contributed by atoms with Crippen molar-refractivity contribution >= 4 is 5.91 Å². The van der Waals surface area contributed by atoms with Crippen molar-refractivity contribution in [3.05, 3.63) is 66.1 Å². The van der Waals surface area contributed by atoms with Gasteiger partial charge in [0.25, 0.3) is 5.91 Å². The fourth-order valence-corrected chi connectivity index (χ4v) is 2.49. The lowest BCUT2D eigenvalue weighted by Gasteiger charge is -2.16. The summed E-state index contributed by atoms with van der Waals surface area (Å²) in [4.78, 5) is 16.6. The molecule has 26 heavy (non-hydrogen) atoms. The molecule has 0 saturated carbocycles. The van der Waals surface area contributed by atoms with E-state index in [9.17, 15) is 4.79 Å². The number of amides is 1. The highest BCUT2D eigenvalue weighted by Crippen LogP contribution is 2.20. The summed E-state index contributed by atoms with van der Waals surface area (Å²) in [5.74, 6) is 1.33. The highest BCUT2D eigenvalue weighted by atomic mass is 16.5. The molecule has 0 bridgehead atoms. The van der Waals surface area contributed by atoms with Crippen molar-refractivity contribution in [1.29, 1.82) is 0 Å². The van der Waals surface area contributed by atoms with Crippen LogP contribution in [0, 0.1) is 0 Å². The molecule has 0 aliphatic rings. The minimum Gasteiger partial charge on any atom is -0.481 e. The molecule has 3 aromatic rings. The van der Waals surface area contributed by atoms with E-state index in [4.69, 9.17) is 9.26 Å². The Labute approximate surface area is 152 Å². The zero-order valence-corrected chi connectivity index (χ0v) is 14.8. The average Bonchev–Trinajstić information content (AvgIpc) is 3.16. The largest absolute Gasteiger partial charge is 0.481 e. The van der Waals surface area contributed by atoms with Gasteiger partial charge in [-0.1, -0.05) is 60.6 Å². The van der Waals surface area contributed by atoms with Gasteiger partial charge in [-0.25, -0.2) is 0 Å². The van der Waals surface area contributed by atoms with Crippen LogP contribution in [0.5, 0.6) is 5.75 Å². The number of nitrogens with one attached hydrogen (secondary N) is 1. The van der Waals surface area contributed by atoms with E-state index in [1.807, 2.05) is 61.5 Å². The molecule has 2 aromatic carbocycles. The molecule has 0 aliphatic heterocycles. The highest BCUT2D eigenvalue weighted by molar-refractivity contribution is 5.80. The van der Waals surface area contributed by atoms with E-state index < -0.39 is 6.10 Å². The molecule has 0 fully saturated rings. The number of para-hydroxylation sites is 1. The number of aromatic nitrogens is 2. The minimum absolute atomic E-state index is 0.155. The monoisotopic (exact) mass is 351 g/mol. The van der Waals surface area contributed by atoms with Crippen LogP contribution in [0.1, 0.15) is 25.3 Å². The molecule has 3 rings (SSSR count). The number of ether oxygens (including phenoxy) is 1. The predicted octanol–water partition coefficient (Wildman–Crippen LogP) is 3.38. The van der Waals surface area contributed by atoms with Gasteiger partial charge in [0.05, 0.1) is 6.54 Å². The molecular weight excluding hydrogens is 330 g/mol. The van der Waals surface area contributed by atoms with Gasteiger partial charge in [-0.15, -0.1) is 0 Å². The van der Waals surface area contributed by atoms with Gasteiger partial charge in [0, 0.05) is 5.56 Å². The number of rotatable bonds is 7. The third-order valence-electron chi connectivity index (χ3n) is 3.94. The fraction of sp³-hybridized carbons (Fsp3) is 0.250. The first-order chi connectivity index (χ1) is 12.7. The van der Waals surface area contributed by atoms with E-state index in [0.717, 1.165) is 23.3 Å². The van der Waals surface area contributed by atoms with E-state index in [1.165, 1.54) is 0 Å². The first-order valence-electron chi connectivity index (χ1n) is 8.57. The molecule has 1 amide bonds. The Kier molecular flexibility index (Phi) is 5.63. The Morgan fingerprint density at radius 2 is 1.88 bits per heavy atom. The zero-order valence-electron chi connectivity index (χ0n) is 14.8. The number of aryl methyl sites for hydroxylation is 1. The molecule has 1 heterocycles. The molecule has 0 unspecified atom stereocenters. The topological polar surface area (TPSA) is 77.2 Å². The van der Waals surface area contributed by atoms with Gasteiger partial charge in [-0.3, -0.25) is 4.79 Å². The summed E-state index contributed by atoms with van der Waals surface area (Å²) in [6.07, 6.45) is 0.216. The van der Waals surface area contributed by atoms with Crippen LogP contribution in [0.3, 0.4) is 0 Å². The van der Waals surface area contributed by atoms with Crippen molar-refractivity contribution < 1.29 is 14.1 Å². The normalized spacial score (nSPS) is 11.8. The molecule has 0 radical (unpaired) electrons. The molecule has 0 saturated heterocycles. The summed E-state index contributed by atoms with van der Waals surface area (Å²) < 4.78 is 11.0. The van der Waals surface area contributed by atoms with E-state index in [-0.39, 0.29) is 12.5 Å². The number of carbonyl (C=O) groups is 1. The second-order valence-corrected chi connectivity index (χ2v) is 5.82. The molecule has 6 heteroatoms. The van der Waals surface area contributed by atoms with E-state index in [1.54, 1.807) is 6.92 Å². The molecule has 134 valence electrons. The van der Waals surface area contributed by atoms with Gasteiger partial charge in [0.15, 0.2) is 6.10 Å². The Bertz CT molecular complexity index is 862. The SMILES string of the molecule is CCc1ccccc1O[C@H](C)C(=O)NCc1nc(-c2ccccc2)no1. The van der Waals surface area contributed by atoms with Gasteiger partial charge >= 0.3 is 0 Å². The van der Waals surface area contributed by atoms with Crippen LogP contribution in [0.2, 0.25) is 0 Å². The zero-order chi connectivity index (χ0) is 18.4. The van der Waals surface area contributed by atoms with Gasteiger partial charge in [-0.05, 0) is 25.0 Å². The maximum Gasteiger partial charge on any atom is 0.261 e. The van der Waals surface area contributed by atoms with E-state index in [2.05, 4.69) is 15.5 Å². The molecular formula is C20H21N3O3. The lowest BCUT2D eigenvalue weighted by molar-refractivity contribution is -0.127. The van der Waals surface area contributed by atoms with Crippen molar-refractivity contribution in [2.45, 2.75) is 32.9 Å². The van der Waals surface area contributed by atoms with Crippen LogP contribution in [0.15, 0.2) is 59.1 Å². The van der Waals surface area contributed by atoms with Crippen LogP contribution in [-0.4, -0.2) is 22.2 Å². The lowest BCUT2D eigenvalue weighted by Crippen LogP contribution is -2.36. The molecule has 6 nitrogen and oxygen atoms in total. The molecule has 1 atom stereocenters. The summed E-state index contributed by atoms with van der Waals surface area (Å²) >= 11 is 0. The van der Waals surface area contributed by atoms with Gasteiger partial charge in [-0.2, -0.15) is 4.98 Å². The van der Waals surface area contributed by atoms with Gasteiger partial charge in [0.1, 0.15) is 5.75 Å². The second-order valence-electron chi connectivity index (χ2n) is 5.82. The maximum absolute atomic E-state index is 12.3. The van der Waals surface area contributed by atoms with Crippen molar-refractivity contribution in [2.75, 3.05) is 0 Å². The van der Waals surface area contributed by atoms with E-state index in [0.29, 0.717) is 11.7 Å². The number of hydrogen-bond donors (Lipinski definition) is 1. The maximum atomic E-state index is 12.3. The van der Waals surface area contributed by atoms with Crippen LogP contribution < -0.4 is 10.1 Å². The first kappa shape index (κ1) is 17.7. The van der Waals surface area contributed by atoms with Crippen LogP contribution in [0.4, 0.5) is 0 Å². The number of carbonyl (C=O) groups excluding carboxylic acids is 1. The van der Waals surface area contributed by atoms with Crippen molar-refractivity contribution in [3.8, 4) is 17.1 Å². The highest BCUT2D eigenvalue weighted by Gasteiger charge is 2.17. The van der Waals surface area contributed by atoms with Crippen LogP contribution >= 0.6 is 0 Å².